The number of benzene rings is 1. The van der Waals surface area contributed by atoms with Crippen molar-refractivity contribution in [3.8, 4) is 33.6 Å². The number of ether oxygens (including phenoxy) is 1. The first-order valence-corrected chi connectivity index (χ1v) is 9.82. The van der Waals surface area contributed by atoms with E-state index >= 15 is 0 Å². The fourth-order valence-corrected chi connectivity index (χ4v) is 3.66. The van der Waals surface area contributed by atoms with Crippen LogP contribution in [0.2, 0.25) is 0 Å². The van der Waals surface area contributed by atoms with Gasteiger partial charge in [0.1, 0.15) is 18.2 Å². The van der Waals surface area contributed by atoms with Gasteiger partial charge in [-0.25, -0.2) is 4.98 Å². The van der Waals surface area contributed by atoms with Gasteiger partial charge in [-0.15, -0.1) is 11.3 Å². The Labute approximate surface area is 172 Å². The third kappa shape index (κ3) is 3.96. The lowest BCUT2D eigenvalue weighted by Crippen LogP contribution is -2.03. The lowest BCUT2D eigenvalue weighted by molar-refractivity contribution is 0.293. The van der Waals surface area contributed by atoms with Gasteiger partial charge in [-0.05, 0) is 47.7 Å². The zero-order valence-electron chi connectivity index (χ0n) is 15.7. The zero-order chi connectivity index (χ0) is 20.2. The number of pyridine rings is 1. The molecule has 4 aromatic rings. The normalized spacial score (nSPS) is 10.5. The number of nitriles is 1. The number of furan rings is 1. The predicted molar refractivity (Wildman–Crippen MR) is 113 cm³/mol. The van der Waals surface area contributed by atoms with Crippen molar-refractivity contribution < 1.29 is 9.15 Å². The Balaban J connectivity index is 1.74. The second-order valence-corrected chi connectivity index (χ2v) is 7.40. The van der Waals surface area contributed by atoms with Gasteiger partial charge in [-0.1, -0.05) is 24.3 Å². The van der Waals surface area contributed by atoms with Crippen LogP contribution in [0.1, 0.15) is 23.6 Å². The van der Waals surface area contributed by atoms with Gasteiger partial charge in [0.05, 0.1) is 23.1 Å². The van der Waals surface area contributed by atoms with Crippen molar-refractivity contribution in [2.75, 3.05) is 0 Å². The van der Waals surface area contributed by atoms with Crippen molar-refractivity contribution >= 4 is 17.0 Å². The average molecular weight is 399 g/mol. The van der Waals surface area contributed by atoms with Crippen LogP contribution in [0.5, 0.6) is 5.88 Å². The topological polar surface area (TPSA) is 82.9 Å². The molecule has 0 aliphatic heterocycles. The molecule has 0 bridgehead atoms. The molecule has 29 heavy (non-hydrogen) atoms. The summed E-state index contributed by atoms with van der Waals surface area (Å²) in [6.45, 7) is 2.00. The van der Waals surface area contributed by atoms with Crippen molar-refractivity contribution in [1.82, 2.24) is 4.98 Å². The molecule has 0 fully saturated rings. The first-order chi connectivity index (χ1) is 14.2. The molecular weight excluding hydrogens is 382 g/mol. The Hall–Kier alpha value is -3.69. The van der Waals surface area contributed by atoms with Crippen LogP contribution in [0.3, 0.4) is 0 Å². The molecule has 3 heterocycles. The van der Waals surface area contributed by atoms with Gasteiger partial charge < -0.3 is 14.6 Å². The minimum Gasteiger partial charge on any atom is -0.472 e. The van der Waals surface area contributed by atoms with E-state index in [2.05, 4.69) is 11.1 Å². The zero-order valence-corrected chi connectivity index (χ0v) is 16.5. The van der Waals surface area contributed by atoms with Crippen LogP contribution in [0.15, 0.2) is 70.9 Å². The van der Waals surface area contributed by atoms with Crippen LogP contribution in [-0.4, -0.2) is 10.7 Å². The minimum atomic E-state index is 0.252. The van der Waals surface area contributed by atoms with E-state index in [-0.39, 0.29) is 12.5 Å². The number of nitrogens with zero attached hydrogens (tertiary/aromatic N) is 2. The molecule has 0 saturated carbocycles. The summed E-state index contributed by atoms with van der Waals surface area (Å²) in [7, 11) is 0. The van der Waals surface area contributed by atoms with Gasteiger partial charge in [0.25, 0.3) is 0 Å². The maximum absolute atomic E-state index is 9.81. The summed E-state index contributed by atoms with van der Waals surface area (Å²) >= 11 is 1.58. The number of nitrogens with one attached hydrogen (secondary N) is 1. The smallest absolute Gasteiger partial charge is 0.233 e. The summed E-state index contributed by atoms with van der Waals surface area (Å²) in [4.78, 5) is 5.61. The van der Waals surface area contributed by atoms with Gasteiger partial charge in [-0.2, -0.15) is 5.26 Å². The molecule has 0 amide bonds. The molecule has 1 aromatic carbocycles. The Morgan fingerprint density at radius 3 is 2.83 bits per heavy atom. The van der Waals surface area contributed by atoms with E-state index in [0.29, 0.717) is 11.3 Å². The molecule has 0 saturated heterocycles. The van der Waals surface area contributed by atoms with Gasteiger partial charge in [0, 0.05) is 16.8 Å². The standard InChI is InChI=1S/C23H17N3O2S/c1-15(25)17-5-2-4-16(10-17)13-28-23-20(12-24)19(18-7-8-27-14-18)11-21(26-23)22-6-3-9-29-22/h2-11,14,25H,13H2,1H3. The van der Waals surface area contributed by atoms with Gasteiger partial charge in [-0.3, -0.25) is 0 Å². The highest BCUT2D eigenvalue weighted by Gasteiger charge is 2.18. The first-order valence-electron chi connectivity index (χ1n) is 8.94. The molecule has 0 aliphatic carbocycles. The van der Waals surface area contributed by atoms with Gasteiger partial charge >= 0.3 is 0 Å². The largest absolute Gasteiger partial charge is 0.472 e. The fraction of sp³-hybridized carbons (Fsp3) is 0.0870. The molecule has 0 spiro atoms. The Morgan fingerprint density at radius 1 is 1.24 bits per heavy atom. The molecule has 1 N–H and O–H groups in total. The first kappa shape index (κ1) is 18.7. The predicted octanol–water partition coefficient (Wildman–Crippen LogP) is 5.91. The molecular formula is C23H17N3O2S. The summed E-state index contributed by atoms with van der Waals surface area (Å²) in [6, 6.07) is 17.5. The Bertz CT molecular complexity index is 1190. The third-order valence-corrected chi connectivity index (χ3v) is 5.33. The van der Waals surface area contributed by atoms with Crippen molar-refractivity contribution in [3.05, 3.63) is 83.1 Å². The molecule has 5 nitrogen and oxygen atoms in total. The third-order valence-electron chi connectivity index (χ3n) is 4.44. The second kappa shape index (κ2) is 8.13. The summed E-state index contributed by atoms with van der Waals surface area (Å²) in [5.74, 6) is 0.284. The quantitative estimate of drug-likeness (QED) is 0.409. The summed E-state index contributed by atoms with van der Waals surface area (Å²) in [5, 5.41) is 19.6. The number of thiophene rings is 1. The van der Waals surface area contributed by atoms with E-state index in [1.165, 1.54) is 0 Å². The molecule has 0 aliphatic rings. The highest BCUT2D eigenvalue weighted by molar-refractivity contribution is 7.13. The Kier molecular flexibility index (Phi) is 5.23. The van der Waals surface area contributed by atoms with Crippen molar-refractivity contribution in [2.24, 2.45) is 0 Å². The maximum Gasteiger partial charge on any atom is 0.233 e. The van der Waals surface area contributed by atoms with Crippen LogP contribution in [0.4, 0.5) is 0 Å². The van der Waals surface area contributed by atoms with Crippen LogP contribution in [0.25, 0.3) is 21.7 Å². The summed E-state index contributed by atoms with van der Waals surface area (Å²) in [5.41, 5.74) is 4.87. The number of aromatic nitrogens is 1. The molecule has 0 radical (unpaired) electrons. The van der Waals surface area contributed by atoms with E-state index in [0.717, 1.165) is 32.8 Å². The van der Waals surface area contributed by atoms with Gasteiger partial charge in [0.15, 0.2) is 0 Å². The molecule has 6 heteroatoms. The van der Waals surface area contributed by atoms with E-state index in [1.807, 2.05) is 53.9 Å². The van der Waals surface area contributed by atoms with E-state index in [1.54, 1.807) is 30.8 Å². The average Bonchev–Trinajstić information content (AvgIpc) is 3.46. The SMILES string of the molecule is CC(=N)c1cccc(COc2nc(-c3cccs3)cc(-c3ccoc3)c2C#N)c1. The molecule has 3 aromatic heterocycles. The van der Waals surface area contributed by atoms with E-state index < -0.39 is 0 Å². The van der Waals surface area contributed by atoms with Crippen molar-refractivity contribution in [3.63, 3.8) is 0 Å². The summed E-state index contributed by atoms with van der Waals surface area (Å²) < 4.78 is 11.2. The number of hydrogen-bond acceptors (Lipinski definition) is 6. The van der Waals surface area contributed by atoms with Crippen LogP contribution in [-0.2, 0) is 6.61 Å². The maximum atomic E-state index is 9.81. The molecule has 4 rings (SSSR count). The van der Waals surface area contributed by atoms with Crippen LogP contribution < -0.4 is 4.74 Å². The monoisotopic (exact) mass is 399 g/mol. The molecule has 142 valence electrons. The number of rotatable bonds is 6. The highest BCUT2D eigenvalue weighted by Crippen LogP contribution is 2.35. The summed E-state index contributed by atoms with van der Waals surface area (Å²) in [6.07, 6.45) is 3.18. The highest BCUT2D eigenvalue weighted by atomic mass is 32.1. The fourth-order valence-electron chi connectivity index (χ4n) is 2.98. The second-order valence-electron chi connectivity index (χ2n) is 6.45. The Morgan fingerprint density at radius 2 is 2.14 bits per heavy atom. The van der Waals surface area contributed by atoms with E-state index in [9.17, 15) is 5.26 Å². The number of hydrogen-bond donors (Lipinski definition) is 1. The molecule has 0 unspecified atom stereocenters. The van der Waals surface area contributed by atoms with Crippen molar-refractivity contribution in [1.29, 1.82) is 10.7 Å². The minimum absolute atomic E-state index is 0.252. The molecule has 0 atom stereocenters. The lowest BCUT2D eigenvalue weighted by atomic mass is 10.0. The van der Waals surface area contributed by atoms with Crippen LogP contribution >= 0.6 is 11.3 Å². The van der Waals surface area contributed by atoms with Crippen molar-refractivity contribution in [2.45, 2.75) is 13.5 Å². The van der Waals surface area contributed by atoms with Gasteiger partial charge in [0.2, 0.25) is 5.88 Å². The lowest BCUT2D eigenvalue weighted by Gasteiger charge is -2.12. The van der Waals surface area contributed by atoms with Crippen LogP contribution in [0, 0.1) is 16.7 Å². The van der Waals surface area contributed by atoms with E-state index in [4.69, 9.17) is 14.6 Å².